The van der Waals surface area contributed by atoms with Crippen molar-refractivity contribution in [1.29, 1.82) is 0 Å². The summed E-state index contributed by atoms with van der Waals surface area (Å²) in [4.78, 5) is 16.0. The molecule has 0 aromatic carbocycles. The molecule has 7 nitrogen and oxygen atoms in total. The van der Waals surface area contributed by atoms with Crippen LogP contribution in [-0.2, 0) is 17.9 Å². The van der Waals surface area contributed by atoms with E-state index in [1.165, 1.54) is 11.8 Å². The van der Waals surface area contributed by atoms with Crippen molar-refractivity contribution in [3.8, 4) is 0 Å². The molecule has 0 aliphatic rings. The molecule has 20 heavy (non-hydrogen) atoms. The van der Waals surface area contributed by atoms with Gasteiger partial charge in [0.15, 0.2) is 0 Å². The number of ether oxygens (including phenoxy) is 1. The fraction of sp³-hybridized carbons (Fsp3) is 0.250. The van der Waals surface area contributed by atoms with Crippen molar-refractivity contribution in [2.75, 3.05) is 7.11 Å². The van der Waals surface area contributed by atoms with Gasteiger partial charge < -0.3 is 13.6 Å². The Kier molecular flexibility index (Phi) is 3.41. The van der Waals surface area contributed by atoms with E-state index in [4.69, 9.17) is 9.15 Å². The summed E-state index contributed by atoms with van der Waals surface area (Å²) in [6.07, 6.45) is 3.74. The van der Waals surface area contributed by atoms with Crippen molar-refractivity contribution >= 4 is 21.6 Å². The lowest BCUT2D eigenvalue weighted by atomic mass is 10.5. The van der Waals surface area contributed by atoms with Crippen LogP contribution < -0.4 is 5.76 Å². The summed E-state index contributed by atoms with van der Waals surface area (Å²) in [6.45, 7) is 0.422. The molecule has 104 valence electrons. The van der Waals surface area contributed by atoms with E-state index in [9.17, 15) is 4.79 Å². The van der Waals surface area contributed by atoms with E-state index in [2.05, 4.69) is 26.0 Å². The van der Waals surface area contributed by atoms with Crippen LogP contribution in [0.2, 0.25) is 0 Å². The lowest BCUT2D eigenvalue weighted by Crippen LogP contribution is -2.16. The van der Waals surface area contributed by atoms with E-state index in [0.29, 0.717) is 0 Å². The van der Waals surface area contributed by atoms with Crippen molar-refractivity contribution in [3.63, 3.8) is 0 Å². The summed E-state index contributed by atoms with van der Waals surface area (Å²) >= 11 is 3.40. The van der Waals surface area contributed by atoms with Gasteiger partial charge in [0.1, 0.15) is 12.3 Å². The second-order valence-corrected chi connectivity index (χ2v) is 5.11. The number of rotatable bonds is 4. The molecule has 3 aromatic heterocycles. The summed E-state index contributed by atoms with van der Waals surface area (Å²) in [5.41, 5.74) is 1.53. The van der Waals surface area contributed by atoms with Crippen LogP contribution in [0.1, 0.15) is 11.6 Å². The first-order valence-electron chi connectivity index (χ1n) is 5.84. The van der Waals surface area contributed by atoms with Crippen LogP contribution in [0.25, 0.3) is 5.65 Å². The van der Waals surface area contributed by atoms with Crippen molar-refractivity contribution in [1.82, 2.24) is 19.2 Å². The van der Waals surface area contributed by atoms with Crippen molar-refractivity contribution in [3.05, 3.63) is 51.1 Å². The molecule has 8 heteroatoms. The summed E-state index contributed by atoms with van der Waals surface area (Å²) in [6, 6.07) is 3.79. The number of fused-ring (bicyclic) bond motifs is 1. The van der Waals surface area contributed by atoms with Gasteiger partial charge in [-0.05, 0) is 28.1 Å². The molecule has 0 saturated carbocycles. The molecule has 0 bridgehead atoms. The zero-order valence-electron chi connectivity index (χ0n) is 10.6. The zero-order valence-corrected chi connectivity index (χ0v) is 12.2. The van der Waals surface area contributed by atoms with Gasteiger partial charge in [-0.15, -0.1) is 5.10 Å². The molecule has 0 aliphatic heterocycles. The number of nitrogens with zero attached hydrogens (tertiary/aromatic N) is 4. The van der Waals surface area contributed by atoms with E-state index in [-0.39, 0.29) is 19.0 Å². The first-order valence-corrected chi connectivity index (χ1v) is 6.64. The minimum atomic E-state index is -0.518. The van der Waals surface area contributed by atoms with Gasteiger partial charge >= 0.3 is 5.76 Å². The highest BCUT2D eigenvalue weighted by Crippen LogP contribution is 2.12. The lowest BCUT2D eigenvalue weighted by Gasteiger charge is -1.93. The minimum Gasteiger partial charge on any atom is -0.390 e. The Morgan fingerprint density at radius 1 is 1.40 bits per heavy atom. The van der Waals surface area contributed by atoms with Crippen LogP contribution in [0.4, 0.5) is 0 Å². The Hall–Kier alpha value is -1.93. The number of methoxy groups -OCH3 is 1. The Labute approximate surface area is 121 Å². The van der Waals surface area contributed by atoms with Crippen LogP contribution in [0.15, 0.2) is 38.2 Å². The molecule has 0 saturated heterocycles. The van der Waals surface area contributed by atoms with Crippen molar-refractivity contribution < 1.29 is 9.15 Å². The van der Waals surface area contributed by atoms with Gasteiger partial charge in [-0.3, -0.25) is 0 Å². The quantitative estimate of drug-likeness (QED) is 0.719. The standard InChI is InChI=1S/C12H11BrN4O3/c1-19-7-11-15-17(12(18)20-11)6-9-5-16-4-8(13)2-3-10(16)14-9/h2-5H,6-7H2,1H3. The first kappa shape index (κ1) is 13.1. The van der Waals surface area contributed by atoms with Crippen LogP contribution in [0, 0.1) is 0 Å². The summed E-state index contributed by atoms with van der Waals surface area (Å²) in [5.74, 6) is -0.265. The highest BCUT2D eigenvalue weighted by atomic mass is 79.9. The Morgan fingerprint density at radius 2 is 2.25 bits per heavy atom. The summed E-state index contributed by atoms with van der Waals surface area (Å²) < 4.78 is 13.9. The normalized spacial score (nSPS) is 11.3. The number of imidazole rings is 1. The highest BCUT2D eigenvalue weighted by molar-refractivity contribution is 9.10. The maximum atomic E-state index is 11.6. The largest absolute Gasteiger partial charge is 0.437 e. The molecule has 3 rings (SSSR count). The van der Waals surface area contributed by atoms with Crippen molar-refractivity contribution in [2.24, 2.45) is 0 Å². The molecule has 3 aromatic rings. The number of aromatic nitrogens is 4. The smallest absolute Gasteiger partial charge is 0.390 e. The van der Waals surface area contributed by atoms with E-state index in [0.717, 1.165) is 15.8 Å². The predicted octanol–water partition coefficient (Wildman–Crippen LogP) is 1.44. The molecule has 0 unspecified atom stereocenters. The maximum absolute atomic E-state index is 11.6. The van der Waals surface area contributed by atoms with E-state index < -0.39 is 5.76 Å². The van der Waals surface area contributed by atoms with Crippen LogP contribution in [0.5, 0.6) is 0 Å². The molecule has 0 amide bonds. The Balaban J connectivity index is 1.90. The average Bonchev–Trinajstić information content (AvgIpc) is 2.94. The summed E-state index contributed by atoms with van der Waals surface area (Å²) in [5, 5.41) is 4.04. The molecule has 0 radical (unpaired) electrons. The van der Waals surface area contributed by atoms with Gasteiger partial charge in [0.25, 0.3) is 0 Å². The average molecular weight is 339 g/mol. The van der Waals surface area contributed by atoms with Gasteiger partial charge in [0.05, 0.1) is 12.2 Å². The summed E-state index contributed by atoms with van der Waals surface area (Å²) in [7, 11) is 1.51. The zero-order chi connectivity index (χ0) is 14.1. The minimum absolute atomic E-state index is 0.167. The second-order valence-electron chi connectivity index (χ2n) is 4.20. The third kappa shape index (κ3) is 2.52. The fourth-order valence-electron chi connectivity index (χ4n) is 1.88. The molecular weight excluding hydrogens is 328 g/mol. The molecule has 0 atom stereocenters. The van der Waals surface area contributed by atoms with E-state index in [1.807, 2.05) is 28.9 Å². The van der Waals surface area contributed by atoms with Gasteiger partial charge in [-0.1, -0.05) is 0 Å². The number of hydrogen-bond acceptors (Lipinski definition) is 5. The van der Waals surface area contributed by atoms with Gasteiger partial charge in [0, 0.05) is 24.0 Å². The lowest BCUT2D eigenvalue weighted by molar-refractivity contribution is 0.158. The van der Waals surface area contributed by atoms with Gasteiger partial charge in [-0.2, -0.15) is 4.68 Å². The van der Waals surface area contributed by atoms with Crippen LogP contribution >= 0.6 is 15.9 Å². The van der Waals surface area contributed by atoms with E-state index >= 15 is 0 Å². The molecule has 3 heterocycles. The molecule has 0 spiro atoms. The van der Waals surface area contributed by atoms with Gasteiger partial charge in [0.2, 0.25) is 5.89 Å². The first-order chi connectivity index (χ1) is 9.65. The van der Waals surface area contributed by atoms with Gasteiger partial charge in [-0.25, -0.2) is 9.78 Å². The SMILES string of the molecule is COCc1nn(Cc2cn3cc(Br)ccc3n2)c(=O)o1. The third-order valence-corrected chi connectivity index (χ3v) is 3.16. The highest BCUT2D eigenvalue weighted by Gasteiger charge is 2.10. The molecule has 0 N–H and O–H groups in total. The van der Waals surface area contributed by atoms with E-state index in [1.54, 1.807) is 0 Å². The number of pyridine rings is 1. The second kappa shape index (κ2) is 5.22. The monoisotopic (exact) mass is 338 g/mol. The number of hydrogen-bond donors (Lipinski definition) is 0. The molecule has 0 fully saturated rings. The maximum Gasteiger partial charge on any atom is 0.437 e. The number of halogens is 1. The predicted molar refractivity (Wildman–Crippen MR) is 73.5 cm³/mol. The molecule has 0 aliphatic carbocycles. The van der Waals surface area contributed by atoms with Crippen molar-refractivity contribution in [2.45, 2.75) is 13.2 Å². The molecular formula is C12H11BrN4O3. The Morgan fingerprint density at radius 3 is 3.05 bits per heavy atom. The fourth-order valence-corrected chi connectivity index (χ4v) is 2.23. The van der Waals surface area contributed by atoms with Crippen LogP contribution in [-0.4, -0.2) is 26.3 Å². The third-order valence-electron chi connectivity index (χ3n) is 2.69. The topological polar surface area (TPSA) is 74.6 Å². The Bertz CT molecular complexity index is 804. The van der Waals surface area contributed by atoms with Crippen LogP contribution in [0.3, 0.4) is 0 Å².